The first-order chi connectivity index (χ1) is 10.7. The van der Waals surface area contributed by atoms with E-state index in [0.29, 0.717) is 13.1 Å². The summed E-state index contributed by atoms with van der Waals surface area (Å²) in [6.07, 6.45) is -1.13. The number of hydrogen-bond donors (Lipinski definition) is 2. The normalized spacial score (nSPS) is 14.5. The highest BCUT2D eigenvalue weighted by atomic mass is 16.4. The monoisotopic (exact) mass is 295 g/mol. The molecule has 1 saturated heterocycles. The number of rotatable bonds is 4. The van der Waals surface area contributed by atoms with Crippen molar-refractivity contribution in [3.8, 4) is 0 Å². The second-order valence-electron chi connectivity index (χ2n) is 5.22. The lowest BCUT2D eigenvalue weighted by Gasteiger charge is -2.39. The molecule has 1 heterocycles. The van der Waals surface area contributed by atoms with E-state index in [9.17, 15) is 4.79 Å². The van der Waals surface area contributed by atoms with Crippen LogP contribution in [-0.4, -0.2) is 34.9 Å². The molecule has 0 bridgehead atoms. The Balaban J connectivity index is 1.80. The number of benzene rings is 2. The van der Waals surface area contributed by atoms with Crippen molar-refractivity contribution < 1.29 is 9.90 Å². The van der Waals surface area contributed by atoms with Crippen molar-refractivity contribution in [3.63, 3.8) is 0 Å². The lowest BCUT2D eigenvalue weighted by atomic mass is 9.94. The molecule has 0 radical (unpaired) electrons. The van der Waals surface area contributed by atoms with Crippen LogP contribution < -0.4 is 5.43 Å². The summed E-state index contributed by atoms with van der Waals surface area (Å²) >= 11 is 0. The van der Waals surface area contributed by atoms with Gasteiger partial charge in [-0.2, -0.15) is 5.10 Å². The first-order valence-electron chi connectivity index (χ1n) is 7.12. The summed E-state index contributed by atoms with van der Waals surface area (Å²) in [5.41, 5.74) is 5.35. The van der Waals surface area contributed by atoms with Gasteiger partial charge in [0.25, 0.3) is 0 Å². The lowest BCUT2D eigenvalue weighted by molar-refractivity contribution is 0.194. The molecular formula is C17H17N3O2. The first kappa shape index (κ1) is 14.3. The van der Waals surface area contributed by atoms with Gasteiger partial charge >= 0.3 is 6.09 Å². The smallest absolute Gasteiger partial charge is 0.425 e. The van der Waals surface area contributed by atoms with Crippen LogP contribution in [0.2, 0.25) is 0 Å². The van der Waals surface area contributed by atoms with E-state index in [1.165, 1.54) is 11.1 Å². The summed E-state index contributed by atoms with van der Waals surface area (Å²) < 4.78 is 0. The predicted molar refractivity (Wildman–Crippen MR) is 84.9 cm³/mol. The van der Waals surface area contributed by atoms with Crippen LogP contribution in [0, 0.1) is 0 Å². The first-order valence-corrected chi connectivity index (χ1v) is 7.12. The molecule has 1 amide bonds. The van der Waals surface area contributed by atoms with Crippen molar-refractivity contribution >= 4 is 11.8 Å². The topological polar surface area (TPSA) is 64.9 Å². The molecule has 0 spiro atoms. The Bertz CT molecular complexity index is 623. The summed E-state index contributed by atoms with van der Waals surface area (Å²) in [7, 11) is 0. The van der Waals surface area contributed by atoms with Gasteiger partial charge in [-0.1, -0.05) is 60.7 Å². The lowest BCUT2D eigenvalue weighted by Crippen LogP contribution is -2.50. The van der Waals surface area contributed by atoms with Gasteiger partial charge in [0.05, 0.1) is 11.8 Å². The van der Waals surface area contributed by atoms with E-state index in [-0.39, 0.29) is 6.04 Å². The van der Waals surface area contributed by atoms with Crippen molar-refractivity contribution in [2.24, 2.45) is 5.10 Å². The number of nitrogens with zero attached hydrogens (tertiary/aromatic N) is 2. The third kappa shape index (κ3) is 3.15. The number of hydrazone groups is 1. The van der Waals surface area contributed by atoms with E-state index < -0.39 is 6.09 Å². The van der Waals surface area contributed by atoms with Gasteiger partial charge in [-0.05, 0) is 11.1 Å². The van der Waals surface area contributed by atoms with E-state index >= 15 is 0 Å². The van der Waals surface area contributed by atoms with E-state index in [1.54, 1.807) is 0 Å². The van der Waals surface area contributed by atoms with Crippen LogP contribution in [0.25, 0.3) is 0 Å². The number of nitrogens with one attached hydrogen (secondary N) is 1. The molecule has 2 aromatic carbocycles. The van der Waals surface area contributed by atoms with Gasteiger partial charge in [0.2, 0.25) is 0 Å². The minimum atomic E-state index is -1.13. The molecule has 0 unspecified atom stereocenters. The zero-order valence-corrected chi connectivity index (χ0v) is 12.0. The molecule has 1 aliphatic rings. The molecule has 112 valence electrons. The number of likely N-dealkylation sites (tertiary alicyclic amines) is 1. The van der Waals surface area contributed by atoms with Crippen LogP contribution in [0.5, 0.6) is 0 Å². The van der Waals surface area contributed by atoms with Gasteiger partial charge in [0.1, 0.15) is 0 Å². The fourth-order valence-electron chi connectivity index (χ4n) is 2.69. The summed E-state index contributed by atoms with van der Waals surface area (Å²) in [6.45, 7) is 1.32. The highest BCUT2D eigenvalue weighted by Crippen LogP contribution is 2.31. The SMILES string of the molecule is O=C(O)NN=C1CN(C(c2ccccc2)c2ccccc2)C1. The zero-order valence-electron chi connectivity index (χ0n) is 12.0. The van der Waals surface area contributed by atoms with Crippen LogP contribution in [0.3, 0.4) is 0 Å². The van der Waals surface area contributed by atoms with Crippen molar-refractivity contribution in [1.82, 2.24) is 10.3 Å². The highest BCUT2D eigenvalue weighted by molar-refractivity contribution is 5.93. The van der Waals surface area contributed by atoms with Crippen LogP contribution in [0.4, 0.5) is 4.79 Å². The molecule has 2 N–H and O–H groups in total. The summed E-state index contributed by atoms with van der Waals surface area (Å²) in [5.74, 6) is 0. The Labute approximate surface area is 128 Å². The maximum atomic E-state index is 10.5. The molecule has 2 aromatic rings. The van der Waals surface area contributed by atoms with Crippen molar-refractivity contribution in [2.75, 3.05) is 13.1 Å². The maximum absolute atomic E-state index is 10.5. The van der Waals surface area contributed by atoms with Crippen molar-refractivity contribution in [1.29, 1.82) is 0 Å². The number of hydrogen-bond acceptors (Lipinski definition) is 3. The molecule has 1 aliphatic heterocycles. The fourth-order valence-corrected chi connectivity index (χ4v) is 2.69. The molecule has 0 saturated carbocycles. The Morgan fingerprint density at radius 2 is 1.50 bits per heavy atom. The number of carboxylic acid groups (broad SMARTS) is 1. The fraction of sp³-hybridized carbons (Fsp3) is 0.176. The summed E-state index contributed by atoms with van der Waals surface area (Å²) in [6, 6.07) is 20.8. The standard InChI is InChI=1S/C17H17N3O2/c21-17(22)19-18-15-11-20(12-15)16(13-7-3-1-4-8-13)14-9-5-2-6-10-14/h1-10,16,19H,11-12H2,(H,21,22). The van der Waals surface area contributed by atoms with E-state index in [1.807, 2.05) is 36.4 Å². The Hall–Kier alpha value is -2.66. The van der Waals surface area contributed by atoms with Crippen LogP contribution >= 0.6 is 0 Å². The van der Waals surface area contributed by atoms with Crippen LogP contribution in [0.1, 0.15) is 17.2 Å². The van der Waals surface area contributed by atoms with Gasteiger partial charge < -0.3 is 5.11 Å². The Morgan fingerprint density at radius 1 is 1.00 bits per heavy atom. The van der Waals surface area contributed by atoms with Gasteiger partial charge in [-0.3, -0.25) is 4.90 Å². The predicted octanol–water partition coefficient (Wildman–Crippen LogP) is 2.72. The average molecular weight is 295 g/mol. The molecule has 0 atom stereocenters. The summed E-state index contributed by atoms with van der Waals surface area (Å²) in [5, 5.41) is 12.5. The highest BCUT2D eigenvalue weighted by Gasteiger charge is 2.31. The quantitative estimate of drug-likeness (QED) is 0.852. The number of carbonyl (C=O) groups is 1. The van der Waals surface area contributed by atoms with Gasteiger partial charge in [0, 0.05) is 13.1 Å². The van der Waals surface area contributed by atoms with Gasteiger partial charge in [-0.15, -0.1) is 0 Å². The molecular weight excluding hydrogens is 278 g/mol. The van der Waals surface area contributed by atoms with Gasteiger partial charge in [-0.25, -0.2) is 10.2 Å². The van der Waals surface area contributed by atoms with Crippen molar-refractivity contribution in [2.45, 2.75) is 6.04 Å². The largest absolute Gasteiger partial charge is 0.464 e. The molecule has 5 heteroatoms. The minimum Gasteiger partial charge on any atom is -0.464 e. The Kier molecular flexibility index (Phi) is 4.16. The number of amides is 1. The summed E-state index contributed by atoms with van der Waals surface area (Å²) in [4.78, 5) is 12.7. The van der Waals surface area contributed by atoms with Crippen LogP contribution in [0.15, 0.2) is 65.8 Å². The maximum Gasteiger partial charge on any atom is 0.425 e. The second-order valence-corrected chi connectivity index (χ2v) is 5.22. The Morgan fingerprint density at radius 3 is 1.95 bits per heavy atom. The average Bonchev–Trinajstić information content (AvgIpc) is 2.51. The minimum absolute atomic E-state index is 0.158. The van der Waals surface area contributed by atoms with E-state index in [0.717, 1.165) is 5.71 Å². The third-order valence-electron chi connectivity index (χ3n) is 3.68. The molecule has 0 aliphatic carbocycles. The van der Waals surface area contributed by atoms with Crippen molar-refractivity contribution in [3.05, 3.63) is 71.8 Å². The van der Waals surface area contributed by atoms with E-state index in [2.05, 4.69) is 39.7 Å². The molecule has 22 heavy (non-hydrogen) atoms. The molecule has 0 aromatic heterocycles. The molecule has 3 rings (SSSR count). The second kappa shape index (κ2) is 6.41. The third-order valence-corrected chi connectivity index (χ3v) is 3.68. The molecule has 5 nitrogen and oxygen atoms in total. The zero-order chi connectivity index (χ0) is 15.4. The van der Waals surface area contributed by atoms with Crippen LogP contribution in [-0.2, 0) is 0 Å². The molecule has 1 fully saturated rings. The van der Waals surface area contributed by atoms with E-state index in [4.69, 9.17) is 5.11 Å². The van der Waals surface area contributed by atoms with Gasteiger partial charge in [0.15, 0.2) is 0 Å².